The molecule has 1 aromatic carbocycles. The molecule has 22 heavy (non-hydrogen) atoms. The molecule has 3 fully saturated rings. The fraction of sp³-hybridized carbons (Fsp3) is 0.529. The lowest BCUT2D eigenvalue weighted by atomic mass is 9.95. The van der Waals surface area contributed by atoms with Gasteiger partial charge >= 0.3 is 0 Å². The van der Waals surface area contributed by atoms with Crippen LogP contribution in [0, 0.1) is 5.92 Å². The van der Waals surface area contributed by atoms with E-state index in [2.05, 4.69) is 5.32 Å². The minimum atomic E-state index is -0.0581. The summed E-state index contributed by atoms with van der Waals surface area (Å²) in [6.45, 7) is 2.27. The highest BCUT2D eigenvalue weighted by molar-refractivity contribution is 5.96. The van der Waals surface area contributed by atoms with Gasteiger partial charge in [0.1, 0.15) is 0 Å². The Bertz CT molecular complexity index is 589. The summed E-state index contributed by atoms with van der Waals surface area (Å²) in [5.74, 6) is 0.305. The van der Waals surface area contributed by atoms with Crippen molar-refractivity contribution in [3.63, 3.8) is 0 Å². The average Bonchev–Trinajstić information content (AvgIpc) is 3.18. The van der Waals surface area contributed by atoms with Crippen LogP contribution in [0.1, 0.15) is 19.3 Å². The monoisotopic (exact) mass is 299 g/mol. The van der Waals surface area contributed by atoms with Crippen molar-refractivity contribution in [3.8, 4) is 0 Å². The lowest BCUT2D eigenvalue weighted by Gasteiger charge is -2.36. The molecule has 3 saturated heterocycles. The second-order valence-electron chi connectivity index (χ2n) is 6.56. The highest BCUT2D eigenvalue weighted by atomic mass is 16.2. The zero-order valence-electron chi connectivity index (χ0n) is 12.6. The van der Waals surface area contributed by atoms with Gasteiger partial charge in [-0.05, 0) is 25.0 Å². The number of carbonyl (C=O) groups is 2. The van der Waals surface area contributed by atoms with Crippen molar-refractivity contribution >= 4 is 17.5 Å². The van der Waals surface area contributed by atoms with Gasteiger partial charge in [0.25, 0.3) is 0 Å². The second-order valence-corrected chi connectivity index (χ2v) is 6.56. The van der Waals surface area contributed by atoms with Gasteiger partial charge in [-0.1, -0.05) is 18.2 Å². The number of nitrogens with zero attached hydrogens (tertiary/aromatic N) is 2. The Morgan fingerprint density at radius 1 is 1.18 bits per heavy atom. The van der Waals surface area contributed by atoms with Gasteiger partial charge in [-0.2, -0.15) is 0 Å². The number of fused-ring (bicyclic) bond motifs is 2. The van der Waals surface area contributed by atoms with E-state index in [-0.39, 0.29) is 17.7 Å². The number of hydrogen-bond acceptors (Lipinski definition) is 3. The third-order valence-corrected chi connectivity index (χ3v) is 5.17. The van der Waals surface area contributed by atoms with E-state index in [9.17, 15) is 9.59 Å². The molecule has 5 heteroatoms. The van der Waals surface area contributed by atoms with Crippen molar-refractivity contribution in [1.82, 2.24) is 10.2 Å². The van der Waals surface area contributed by atoms with Crippen LogP contribution in [0.15, 0.2) is 30.3 Å². The lowest BCUT2D eigenvalue weighted by molar-refractivity contribution is -0.138. The minimum absolute atomic E-state index is 0.0581. The van der Waals surface area contributed by atoms with Crippen LogP contribution < -0.4 is 10.2 Å². The number of benzene rings is 1. The Hall–Kier alpha value is -1.88. The van der Waals surface area contributed by atoms with Crippen LogP contribution in [-0.2, 0) is 9.59 Å². The predicted molar refractivity (Wildman–Crippen MR) is 83.4 cm³/mol. The first kappa shape index (κ1) is 13.8. The molecule has 2 amide bonds. The van der Waals surface area contributed by atoms with Crippen molar-refractivity contribution in [2.45, 2.75) is 31.3 Å². The van der Waals surface area contributed by atoms with Gasteiger partial charge in [0.15, 0.2) is 0 Å². The third kappa shape index (κ3) is 2.29. The number of nitrogens with one attached hydrogen (secondary N) is 1. The van der Waals surface area contributed by atoms with Crippen molar-refractivity contribution in [3.05, 3.63) is 30.3 Å². The number of hydrogen-bond donors (Lipinski definition) is 1. The van der Waals surface area contributed by atoms with Gasteiger partial charge in [0, 0.05) is 43.8 Å². The highest BCUT2D eigenvalue weighted by Crippen LogP contribution is 2.29. The molecule has 0 spiro atoms. The molecule has 5 nitrogen and oxygen atoms in total. The van der Waals surface area contributed by atoms with Crippen LogP contribution in [0.5, 0.6) is 0 Å². The molecule has 1 unspecified atom stereocenters. The van der Waals surface area contributed by atoms with Crippen LogP contribution in [0.2, 0.25) is 0 Å². The topological polar surface area (TPSA) is 52.7 Å². The molecule has 116 valence electrons. The minimum Gasteiger partial charge on any atom is -0.337 e. The van der Waals surface area contributed by atoms with E-state index in [1.54, 1.807) is 4.90 Å². The number of piperidine rings is 1. The molecule has 2 bridgehead atoms. The Labute approximate surface area is 130 Å². The van der Waals surface area contributed by atoms with Crippen LogP contribution >= 0.6 is 0 Å². The summed E-state index contributed by atoms with van der Waals surface area (Å²) in [6.07, 6.45) is 2.23. The van der Waals surface area contributed by atoms with E-state index in [0.717, 1.165) is 25.2 Å². The largest absolute Gasteiger partial charge is 0.337 e. The molecule has 0 saturated carbocycles. The van der Waals surface area contributed by atoms with Gasteiger partial charge in [-0.15, -0.1) is 0 Å². The average molecular weight is 299 g/mol. The van der Waals surface area contributed by atoms with Crippen molar-refractivity contribution in [1.29, 1.82) is 0 Å². The second kappa shape index (κ2) is 5.39. The Kier molecular flexibility index (Phi) is 3.37. The fourth-order valence-electron chi connectivity index (χ4n) is 3.97. The van der Waals surface area contributed by atoms with Gasteiger partial charge in [-0.3, -0.25) is 9.59 Å². The van der Waals surface area contributed by atoms with E-state index < -0.39 is 0 Å². The molecule has 3 atom stereocenters. The summed E-state index contributed by atoms with van der Waals surface area (Å²) < 4.78 is 0. The zero-order valence-corrected chi connectivity index (χ0v) is 12.6. The summed E-state index contributed by atoms with van der Waals surface area (Å²) in [5, 5.41) is 3.43. The first-order valence-electron chi connectivity index (χ1n) is 8.11. The molecule has 1 N–H and O–H groups in total. The maximum atomic E-state index is 12.8. The molecular weight excluding hydrogens is 278 g/mol. The van der Waals surface area contributed by atoms with Crippen molar-refractivity contribution in [2.24, 2.45) is 5.92 Å². The lowest BCUT2D eigenvalue weighted by Crippen LogP contribution is -2.52. The van der Waals surface area contributed by atoms with Crippen LogP contribution in [0.25, 0.3) is 0 Å². The van der Waals surface area contributed by atoms with E-state index in [1.165, 1.54) is 0 Å². The smallest absolute Gasteiger partial charge is 0.227 e. The molecular formula is C17H21N3O2. The number of rotatable bonds is 2. The third-order valence-electron chi connectivity index (χ3n) is 5.17. The van der Waals surface area contributed by atoms with E-state index in [0.29, 0.717) is 31.5 Å². The number of carbonyl (C=O) groups excluding carboxylic acids is 2. The number of anilines is 1. The molecule has 1 aromatic rings. The van der Waals surface area contributed by atoms with Gasteiger partial charge in [0.05, 0.1) is 5.92 Å². The number of likely N-dealkylation sites (tertiary alicyclic amines) is 1. The SMILES string of the molecule is O=C1CCC(C(=O)N2C[C@@H]3C[C@H]2CN3)CN1c1ccccc1. The van der Waals surface area contributed by atoms with Gasteiger partial charge < -0.3 is 15.1 Å². The van der Waals surface area contributed by atoms with Crippen LogP contribution in [-0.4, -0.2) is 48.4 Å². The molecule has 4 rings (SSSR count). The standard InChI is InChI=1S/C17H21N3O2/c21-16-7-6-12(10-19(16)14-4-2-1-3-5-14)17(22)20-11-13-8-15(20)9-18-13/h1-5,12-13,15,18H,6-11H2/t12?,13-,15-/m0/s1. The van der Waals surface area contributed by atoms with Crippen LogP contribution in [0.4, 0.5) is 5.69 Å². The first-order valence-corrected chi connectivity index (χ1v) is 8.11. The number of para-hydroxylation sites is 1. The Balaban J connectivity index is 1.49. The summed E-state index contributed by atoms with van der Waals surface area (Å²) in [5.41, 5.74) is 0.898. The number of amides is 2. The van der Waals surface area contributed by atoms with Crippen molar-refractivity contribution in [2.75, 3.05) is 24.5 Å². The molecule has 3 aliphatic rings. The maximum absolute atomic E-state index is 12.8. The predicted octanol–water partition coefficient (Wildman–Crippen LogP) is 1.00. The van der Waals surface area contributed by atoms with Gasteiger partial charge in [0.2, 0.25) is 11.8 Å². The summed E-state index contributed by atoms with van der Waals surface area (Å²) in [7, 11) is 0. The Morgan fingerprint density at radius 2 is 2.00 bits per heavy atom. The Morgan fingerprint density at radius 3 is 2.68 bits per heavy atom. The zero-order chi connectivity index (χ0) is 15.1. The van der Waals surface area contributed by atoms with Gasteiger partial charge in [-0.25, -0.2) is 0 Å². The first-order chi connectivity index (χ1) is 10.7. The quantitative estimate of drug-likeness (QED) is 0.886. The summed E-state index contributed by atoms with van der Waals surface area (Å²) in [6, 6.07) is 10.5. The molecule has 0 aromatic heterocycles. The van der Waals surface area contributed by atoms with Crippen molar-refractivity contribution < 1.29 is 9.59 Å². The molecule has 0 aliphatic carbocycles. The number of piperazine rings is 1. The highest BCUT2D eigenvalue weighted by Gasteiger charge is 2.43. The summed E-state index contributed by atoms with van der Waals surface area (Å²) in [4.78, 5) is 28.9. The molecule has 0 radical (unpaired) electrons. The normalized spacial score (nSPS) is 30.9. The molecule has 3 aliphatic heterocycles. The van der Waals surface area contributed by atoms with Crippen LogP contribution in [0.3, 0.4) is 0 Å². The fourth-order valence-corrected chi connectivity index (χ4v) is 3.97. The summed E-state index contributed by atoms with van der Waals surface area (Å²) >= 11 is 0. The van der Waals surface area contributed by atoms with E-state index >= 15 is 0 Å². The van der Waals surface area contributed by atoms with E-state index in [4.69, 9.17) is 0 Å². The maximum Gasteiger partial charge on any atom is 0.227 e. The molecule has 3 heterocycles. The van der Waals surface area contributed by atoms with E-state index in [1.807, 2.05) is 35.2 Å².